The zero-order valence-corrected chi connectivity index (χ0v) is 16.4. The van der Waals surface area contributed by atoms with Gasteiger partial charge in [-0.25, -0.2) is 0 Å². The number of nitrogens with zero attached hydrogens (tertiary/aromatic N) is 3. The number of hydrogen-bond acceptors (Lipinski definition) is 6. The van der Waals surface area contributed by atoms with Crippen molar-refractivity contribution in [2.75, 3.05) is 18.4 Å². The number of nitrogens with one attached hydrogen (secondary N) is 2. The SMILES string of the molecule is CCc1nnc(NC(=O)CCC(=O)N2CCC(C(=O)NC(C)C)CC2)s1. The standard InChI is InChI=1S/C17H27N5O3S/c1-4-14-20-21-17(26-14)19-13(23)5-6-15(24)22-9-7-12(8-10-22)16(25)18-11(2)3/h11-12H,4-10H2,1-3H3,(H,18,25)(H,19,21,23). The van der Waals surface area contributed by atoms with E-state index < -0.39 is 0 Å². The number of piperidine rings is 1. The van der Waals surface area contributed by atoms with Gasteiger partial charge >= 0.3 is 0 Å². The maximum atomic E-state index is 12.3. The lowest BCUT2D eigenvalue weighted by molar-refractivity contribution is -0.136. The van der Waals surface area contributed by atoms with Crippen LogP contribution in [0, 0.1) is 5.92 Å². The normalized spacial score (nSPS) is 15.2. The molecule has 0 bridgehead atoms. The third kappa shape index (κ3) is 6.05. The molecule has 0 saturated carbocycles. The molecule has 0 spiro atoms. The Morgan fingerprint density at radius 3 is 2.46 bits per heavy atom. The molecule has 2 rings (SSSR count). The van der Waals surface area contributed by atoms with E-state index in [9.17, 15) is 14.4 Å². The van der Waals surface area contributed by atoms with Crippen LogP contribution in [0.1, 0.15) is 51.5 Å². The molecule has 1 aliphatic rings. The van der Waals surface area contributed by atoms with E-state index in [2.05, 4.69) is 20.8 Å². The summed E-state index contributed by atoms with van der Waals surface area (Å²) in [4.78, 5) is 38.0. The second-order valence-electron chi connectivity index (χ2n) is 6.72. The molecular weight excluding hydrogens is 354 g/mol. The molecule has 0 aromatic carbocycles. The molecule has 2 heterocycles. The van der Waals surface area contributed by atoms with Crippen molar-refractivity contribution < 1.29 is 14.4 Å². The molecule has 0 radical (unpaired) electrons. The highest BCUT2D eigenvalue weighted by atomic mass is 32.1. The van der Waals surface area contributed by atoms with Crippen LogP contribution in [0.4, 0.5) is 5.13 Å². The number of aryl methyl sites for hydroxylation is 1. The number of amides is 3. The number of carbonyl (C=O) groups is 3. The Balaban J connectivity index is 1.70. The number of anilines is 1. The highest BCUT2D eigenvalue weighted by molar-refractivity contribution is 7.15. The van der Waals surface area contributed by atoms with Crippen molar-refractivity contribution in [1.29, 1.82) is 0 Å². The van der Waals surface area contributed by atoms with Gasteiger partial charge in [-0.1, -0.05) is 18.3 Å². The Bertz CT molecular complexity index is 638. The van der Waals surface area contributed by atoms with E-state index in [4.69, 9.17) is 0 Å². The minimum Gasteiger partial charge on any atom is -0.354 e. The Morgan fingerprint density at radius 2 is 1.88 bits per heavy atom. The summed E-state index contributed by atoms with van der Waals surface area (Å²) in [5.41, 5.74) is 0. The lowest BCUT2D eigenvalue weighted by Crippen LogP contribution is -2.44. The molecule has 0 atom stereocenters. The average Bonchev–Trinajstić information content (AvgIpc) is 3.06. The second-order valence-corrected chi connectivity index (χ2v) is 7.78. The molecule has 1 aromatic rings. The van der Waals surface area contributed by atoms with Crippen LogP contribution in [0.3, 0.4) is 0 Å². The molecule has 144 valence electrons. The van der Waals surface area contributed by atoms with Crippen LogP contribution in [-0.4, -0.2) is 52.0 Å². The molecule has 9 heteroatoms. The van der Waals surface area contributed by atoms with Gasteiger partial charge in [0.25, 0.3) is 0 Å². The van der Waals surface area contributed by atoms with Crippen LogP contribution in [0.2, 0.25) is 0 Å². The van der Waals surface area contributed by atoms with Crippen molar-refractivity contribution in [1.82, 2.24) is 20.4 Å². The largest absolute Gasteiger partial charge is 0.354 e. The van der Waals surface area contributed by atoms with Crippen molar-refractivity contribution in [3.8, 4) is 0 Å². The zero-order valence-electron chi connectivity index (χ0n) is 15.6. The van der Waals surface area contributed by atoms with Crippen LogP contribution in [0.25, 0.3) is 0 Å². The van der Waals surface area contributed by atoms with E-state index in [1.54, 1.807) is 4.90 Å². The van der Waals surface area contributed by atoms with Crippen LogP contribution < -0.4 is 10.6 Å². The topological polar surface area (TPSA) is 104 Å². The first-order valence-corrected chi connectivity index (χ1v) is 9.91. The summed E-state index contributed by atoms with van der Waals surface area (Å²) in [7, 11) is 0. The van der Waals surface area contributed by atoms with Crippen LogP contribution in [0.15, 0.2) is 0 Å². The fourth-order valence-electron chi connectivity index (χ4n) is 2.80. The maximum absolute atomic E-state index is 12.3. The summed E-state index contributed by atoms with van der Waals surface area (Å²) in [6.07, 6.45) is 2.39. The van der Waals surface area contributed by atoms with E-state index in [0.29, 0.717) is 31.1 Å². The predicted molar refractivity (Wildman–Crippen MR) is 99.7 cm³/mol. The number of aromatic nitrogens is 2. The first-order chi connectivity index (χ1) is 12.4. The molecule has 0 aliphatic carbocycles. The van der Waals surface area contributed by atoms with E-state index in [-0.39, 0.29) is 42.5 Å². The smallest absolute Gasteiger partial charge is 0.226 e. The second kappa shape index (κ2) is 9.61. The first kappa shape index (κ1) is 20.3. The zero-order chi connectivity index (χ0) is 19.1. The van der Waals surface area contributed by atoms with Gasteiger partial charge in [0.1, 0.15) is 5.01 Å². The van der Waals surface area contributed by atoms with Crippen molar-refractivity contribution in [3.05, 3.63) is 5.01 Å². The van der Waals surface area contributed by atoms with Gasteiger partial charge in [-0.15, -0.1) is 10.2 Å². The molecule has 1 aromatic heterocycles. The lowest BCUT2D eigenvalue weighted by Gasteiger charge is -2.31. The summed E-state index contributed by atoms with van der Waals surface area (Å²) in [6, 6.07) is 0.127. The number of hydrogen-bond donors (Lipinski definition) is 2. The molecule has 26 heavy (non-hydrogen) atoms. The molecular formula is C17H27N5O3S. The minimum absolute atomic E-state index is 0.0325. The van der Waals surface area contributed by atoms with E-state index in [1.165, 1.54) is 11.3 Å². The lowest BCUT2D eigenvalue weighted by atomic mass is 9.95. The Morgan fingerprint density at radius 1 is 1.19 bits per heavy atom. The van der Waals surface area contributed by atoms with Crippen molar-refractivity contribution in [2.45, 2.75) is 58.9 Å². The van der Waals surface area contributed by atoms with Crippen molar-refractivity contribution >= 4 is 34.2 Å². The van der Waals surface area contributed by atoms with Gasteiger partial charge in [0.15, 0.2) is 0 Å². The average molecular weight is 382 g/mol. The van der Waals surface area contributed by atoms with E-state index in [1.807, 2.05) is 20.8 Å². The van der Waals surface area contributed by atoms with Gasteiger partial charge in [0.2, 0.25) is 22.9 Å². The van der Waals surface area contributed by atoms with Gasteiger partial charge in [0, 0.05) is 37.9 Å². The molecule has 1 aliphatic heterocycles. The fraction of sp³-hybridized carbons (Fsp3) is 0.706. The van der Waals surface area contributed by atoms with Crippen molar-refractivity contribution in [2.24, 2.45) is 5.92 Å². The van der Waals surface area contributed by atoms with E-state index in [0.717, 1.165) is 11.4 Å². The monoisotopic (exact) mass is 381 g/mol. The van der Waals surface area contributed by atoms with Gasteiger partial charge < -0.3 is 15.5 Å². The Hall–Kier alpha value is -2.03. The van der Waals surface area contributed by atoms with Crippen LogP contribution in [-0.2, 0) is 20.8 Å². The van der Waals surface area contributed by atoms with Gasteiger partial charge in [0.05, 0.1) is 0 Å². The molecule has 1 saturated heterocycles. The maximum Gasteiger partial charge on any atom is 0.226 e. The number of carbonyl (C=O) groups excluding carboxylic acids is 3. The van der Waals surface area contributed by atoms with Crippen LogP contribution >= 0.6 is 11.3 Å². The van der Waals surface area contributed by atoms with Gasteiger partial charge in [-0.2, -0.15) is 0 Å². The summed E-state index contributed by atoms with van der Waals surface area (Å²) >= 11 is 1.34. The quantitative estimate of drug-likeness (QED) is 0.746. The highest BCUT2D eigenvalue weighted by Gasteiger charge is 2.27. The summed E-state index contributed by atoms with van der Waals surface area (Å²) < 4.78 is 0. The van der Waals surface area contributed by atoms with Gasteiger partial charge in [-0.05, 0) is 33.1 Å². The van der Waals surface area contributed by atoms with Gasteiger partial charge in [-0.3, -0.25) is 14.4 Å². The summed E-state index contributed by atoms with van der Waals surface area (Å²) in [6.45, 7) is 6.97. The molecule has 3 amide bonds. The Kier molecular flexibility index (Phi) is 7.50. The third-order valence-electron chi connectivity index (χ3n) is 4.23. The highest BCUT2D eigenvalue weighted by Crippen LogP contribution is 2.19. The van der Waals surface area contributed by atoms with E-state index >= 15 is 0 Å². The molecule has 2 N–H and O–H groups in total. The minimum atomic E-state index is -0.233. The first-order valence-electron chi connectivity index (χ1n) is 9.09. The molecule has 1 fully saturated rings. The van der Waals surface area contributed by atoms with Crippen LogP contribution in [0.5, 0.6) is 0 Å². The molecule has 8 nitrogen and oxygen atoms in total. The molecule has 0 unspecified atom stereocenters. The predicted octanol–water partition coefficient (Wildman–Crippen LogP) is 1.58. The fourth-order valence-corrected chi connectivity index (χ4v) is 3.50. The Labute approximate surface area is 157 Å². The summed E-state index contributed by atoms with van der Waals surface area (Å²) in [5, 5.41) is 14.8. The number of rotatable bonds is 7. The summed E-state index contributed by atoms with van der Waals surface area (Å²) in [5.74, 6) is -0.248. The van der Waals surface area contributed by atoms with Crippen molar-refractivity contribution in [3.63, 3.8) is 0 Å². The third-order valence-corrected chi connectivity index (χ3v) is 5.21. The number of likely N-dealkylation sites (tertiary alicyclic amines) is 1.